The van der Waals surface area contributed by atoms with Crippen LogP contribution in [-0.4, -0.2) is 17.1 Å². The first-order chi connectivity index (χ1) is 5.83. The Kier molecular flexibility index (Phi) is 1.73. The van der Waals surface area contributed by atoms with Crippen molar-refractivity contribution in [1.82, 2.24) is 9.97 Å². The molecule has 2 heterocycles. The van der Waals surface area contributed by atoms with Gasteiger partial charge in [0.15, 0.2) is 0 Å². The maximum atomic E-state index is 5.17. The van der Waals surface area contributed by atoms with Crippen molar-refractivity contribution in [2.24, 2.45) is 0 Å². The van der Waals surface area contributed by atoms with Crippen LogP contribution >= 0.6 is 15.9 Å². The summed E-state index contributed by atoms with van der Waals surface area (Å²) in [6.45, 7) is 0. The van der Waals surface area contributed by atoms with E-state index >= 15 is 0 Å². The van der Waals surface area contributed by atoms with E-state index in [4.69, 9.17) is 9.15 Å². The van der Waals surface area contributed by atoms with Gasteiger partial charge in [-0.25, -0.2) is 4.98 Å². The summed E-state index contributed by atoms with van der Waals surface area (Å²) < 4.78 is 11.0. The number of ether oxygens (including phenoxy) is 1. The van der Waals surface area contributed by atoms with Gasteiger partial charge in [0.25, 0.3) is 5.88 Å². The van der Waals surface area contributed by atoms with E-state index in [2.05, 4.69) is 25.9 Å². The lowest BCUT2D eigenvalue weighted by atomic mass is 10.4. The highest BCUT2D eigenvalue weighted by Crippen LogP contribution is 2.28. The minimum atomic E-state index is 0.450. The Bertz CT molecular complexity index is 413. The first-order valence-corrected chi connectivity index (χ1v) is 4.04. The molecule has 0 saturated heterocycles. The van der Waals surface area contributed by atoms with Crippen molar-refractivity contribution in [3.8, 4) is 5.88 Å². The molecular weight excluding hydrogens is 224 g/mol. The number of methoxy groups -OCH3 is 1. The second-order valence-electron chi connectivity index (χ2n) is 2.14. The van der Waals surface area contributed by atoms with E-state index < -0.39 is 0 Å². The molecule has 0 atom stereocenters. The quantitative estimate of drug-likeness (QED) is 0.750. The summed E-state index contributed by atoms with van der Waals surface area (Å²) in [5, 5.41) is 0. The Hall–Kier alpha value is -1.10. The summed E-state index contributed by atoms with van der Waals surface area (Å²) in [6, 6.07) is 0. The zero-order valence-corrected chi connectivity index (χ0v) is 7.83. The van der Waals surface area contributed by atoms with Crippen molar-refractivity contribution in [1.29, 1.82) is 0 Å². The van der Waals surface area contributed by atoms with Crippen molar-refractivity contribution in [3.05, 3.63) is 17.1 Å². The van der Waals surface area contributed by atoms with Gasteiger partial charge < -0.3 is 9.15 Å². The van der Waals surface area contributed by atoms with Crippen LogP contribution in [0.4, 0.5) is 0 Å². The molecule has 0 spiro atoms. The number of hydrogen-bond donors (Lipinski definition) is 0. The van der Waals surface area contributed by atoms with Crippen LogP contribution in [0.3, 0.4) is 0 Å². The smallest absolute Gasteiger partial charge is 0.261 e. The van der Waals surface area contributed by atoms with Crippen LogP contribution in [-0.2, 0) is 0 Å². The van der Waals surface area contributed by atoms with Crippen LogP contribution in [0.25, 0.3) is 11.1 Å². The second kappa shape index (κ2) is 2.75. The molecule has 0 aliphatic rings. The highest BCUT2D eigenvalue weighted by Gasteiger charge is 2.10. The molecule has 2 aromatic heterocycles. The summed E-state index contributed by atoms with van der Waals surface area (Å²) in [4.78, 5) is 7.91. The first kappa shape index (κ1) is 7.54. The number of halogens is 1. The van der Waals surface area contributed by atoms with Gasteiger partial charge in [-0.15, -0.1) is 0 Å². The number of furan rings is 1. The van der Waals surface area contributed by atoms with E-state index in [0.717, 1.165) is 9.99 Å². The Labute approximate surface area is 76.7 Å². The molecule has 5 heteroatoms. The van der Waals surface area contributed by atoms with Gasteiger partial charge in [0.2, 0.25) is 5.58 Å². The van der Waals surface area contributed by atoms with Gasteiger partial charge in [-0.3, -0.25) is 0 Å². The fourth-order valence-corrected chi connectivity index (χ4v) is 1.32. The maximum Gasteiger partial charge on any atom is 0.261 e. The Balaban J connectivity index is 2.81. The van der Waals surface area contributed by atoms with Crippen LogP contribution < -0.4 is 4.74 Å². The molecule has 0 saturated carbocycles. The van der Waals surface area contributed by atoms with Crippen LogP contribution in [0.5, 0.6) is 5.88 Å². The topological polar surface area (TPSA) is 48.2 Å². The number of rotatable bonds is 1. The number of nitrogens with zero attached hydrogens (tertiary/aromatic N) is 2. The van der Waals surface area contributed by atoms with E-state index in [1.165, 1.54) is 13.4 Å². The first-order valence-electron chi connectivity index (χ1n) is 3.24. The molecule has 0 unspecified atom stereocenters. The van der Waals surface area contributed by atoms with Gasteiger partial charge in [0.1, 0.15) is 18.1 Å². The number of fused-ring (bicyclic) bond motifs is 1. The minimum absolute atomic E-state index is 0.450. The van der Waals surface area contributed by atoms with E-state index in [9.17, 15) is 0 Å². The highest BCUT2D eigenvalue weighted by atomic mass is 79.9. The van der Waals surface area contributed by atoms with Gasteiger partial charge in [-0.05, 0) is 15.9 Å². The number of hydrogen-bond acceptors (Lipinski definition) is 4. The zero-order chi connectivity index (χ0) is 8.55. The third-order valence-electron chi connectivity index (χ3n) is 1.47. The van der Waals surface area contributed by atoms with Gasteiger partial charge >= 0.3 is 0 Å². The molecule has 62 valence electrons. The molecule has 0 amide bonds. The SMILES string of the molecule is COc1ncnc2c(Br)coc12. The lowest BCUT2D eigenvalue weighted by Gasteiger charge is -1.96. The summed E-state index contributed by atoms with van der Waals surface area (Å²) >= 11 is 3.29. The van der Waals surface area contributed by atoms with Gasteiger partial charge in [-0.2, -0.15) is 4.98 Å². The second-order valence-corrected chi connectivity index (χ2v) is 3.00. The van der Waals surface area contributed by atoms with Crippen molar-refractivity contribution < 1.29 is 9.15 Å². The molecule has 0 bridgehead atoms. The predicted octanol–water partition coefficient (Wildman–Crippen LogP) is 1.99. The standard InChI is InChI=1S/C7H5BrN2O2/c1-11-7-6-5(9-3-10-7)4(8)2-12-6/h2-3H,1H3. The molecule has 0 N–H and O–H groups in total. The van der Waals surface area contributed by atoms with Crippen LogP contribution in [0.2, 0.25) is 0 Å². The Morgan fingerprint density at radius 1 is 1.50 bits per heavy atom. The molecule has 0 aromatic carbocycles. The maximum absolute atomic E-state index is 5.17. The Morgan fingerprint density at radius 2 is 2.33 bits per heavy atom. The molecule has 0 aliphatic carbocycles. The molecule has 2 aromatic rings. The molecule has 4 nitrogen and oxygen atoms in total. The molecule has 12 heavy (non-hydrogen) atoms. The normalized spacial score (nSPS) is 10.5. The van der Waals surface area contributed by atoms with Crippen molar-refractivity contribution >= 4 is 27.0 Å². The third kappa shape index (κ3) is 0.972. The van der Waals surface area contributed by atoms with Crippen LogP contribution in [0, 0.1) is 0 Å². The summed E-state index contributed by atoms with van der Waals surface area (Å²) in [7, 11) is 1.54. The molecule has 0 aliphatic heterocycles. The van der Waals surface area contributed by atoms with Crippen molar-refractivity contribution in [2.45, 2.75) is 0 Å². The van der Waals surface area contributed by atoms with Crippen LogP contribution in [0.15, 0.2) is 21.5 Å². The predicted molar refractivity (Wildman–Crippen MR) is 46.1 cm³/mol. The van der Waals surface area contributed by atoms with Crippen molar-refractivity contribution in [2.75, 3.05) is 7.11 Å². The van der Waals surface area contributed by atoms with E-state index in [-0.39, 0.29) is 0 Å². The number of aromatic nitrogens is 2. The van der Waals surface area contributed by atoms with Gasteiger partial charge in [-0.1, -0.05) is 0 Å². The lowest BCUT2D eigenvalue weighted by Crippen LogP contribution is -1.88. The highest BCUT2D eigenvalue weighted by molar-refractivity contribution is 9.10. The minimum Gasteiger partial charge on any atom is -0.478 e. The largest absolute Gasteiger partial charge is 0.478 e. The molecule has 0 radical (unpaired) electrons. The monoisotopic (exact) mass is 228 g/mol. The average Bonchev–Trinajstić information content (AvgIpc) is 2.48. The van der Waals surface area contributed by atoms with E-state index in [1.807, 2.05) is 0 Å². The average molecular weight is 229 g/mol. The summed E-state index contributed by atoms with van der Waals surface area (Å²) in [6.07, 6.45) is 2.99. The molecule has 0 fully saturated rings. The fraction of sp³-hybridized carbons (Fsp3) is 0.143. The summed E-state index contributed by atoms with van der Waals surface area (Å²) in [5.41, 5.74) is 1.29. The van der Waals surface area contributed by atoms with Gasteiger partial charge in [0, 0.05) is 0 Å². The summed E-state index contributed by atoms with van der Waals surface area (Å²) in [5.74, 6) is 0.450. The van der Waals surface area contributed by atoms with E-state index in [0.29, 0.717) is 11.5 Å². The van der Waals surface area contributed by atoms with E-state index in [1.54, 1.807) is 6.26 Å². The zero-order valence-electron chi connectivity index (χ0n) is 6.24. The third-order valence-corrected chi connectivity index (χ3v) is 2.03. The molecule has 2 rings (SSSR count). The fourth-order valence-electron chi connectivity index (χ4n) is 0.946. The molecular formula is C7H5BrN2O2. The van der Waals surface area contributed by atoms with Gasteiger partial charge in [0.05, 0.1) is 11.6 Å². The van der Waals surface area contributed by atoms with Crippen molar-refractivity contribution in [3.63, 3.8) is 0 Å². The lowest BCUT2D eigenvalue weighted by molar-refractivity contribution is 0.393. The van der Waals surface area contributed by atoms with Crippen LogP contribution in [0.1, 0.15) is 0 Å². The Morgan fingerprint density at radius 3 is 3.08 bits per heavy atom.